The summed E-state index contributed by atoms with van der Waals surface area (Å²) < 4.78 is 20.0. The van der Waals surface area contributed by atoms with Crippen molar-refractivity contribution >= 4 is 22.7 Å². The van der Waals surface area contributed by atoms with Crippen LogP contribution in [-0.4, -0.2) is 54.6 Å². The van der Waals surface area contributed by atoms with E-state index in [4.69, 9.17) is 19.3 Å². The summed E-state index contributed by atoms with van der Waals surface area (Å²) in [6, 6.07) is 0. The average molecular weight is 653 g/mol. The van der Waals surface area contributed by atoms with Crippen molar-refractivity contribution in [1.29, 1.82) is 0 Å². The number of nitrogens with two attached hydrogens (primary N) is 1. The van der Waals surface area contributed by atoms with Crippen LogP contribution in [-0.2, 0) is 13.6 Å². The molecule has 0 saturated carbocycles. The third-order valence-electron chi connectivity index (χ3n) is 10.2. The Bertz CT molecular complexity index is 949. The lowest BCUT2D eigenvalue weighted by Crippen LogP contribution is -2.50. The van der Waals surface area contributed by atoms with Gasteiger partial charge in [0, 0.05) is 11.8 Å². The standard InChI is InChI=1S/C36H72N2O4Si2/c1-19-20-21-26(3)32(40-34(37)39)30(7)33(42-44(17,18)36(11,12)13)28(5)23-25(2)22-27(4)31(29(6)24-38-14)41-43(15,16)35(8,9)10/h19-22,26-33,38H,1,23-24H2,2-18H3,(H2,37,39)/t26-,27-,28?,29-,30?,31+,32?,33?/m0/s1. The Balaban J connectivity index is 6.52. The lowest BCUT2D eigenvalue weighted by atomic mass is 9.81. The van der Waals surface area contributed by atoms with E-state index >= 15 is 0 Å². The maximum Gasteiger partial charge on any atom is 0.404 e. The number of ether oxygens (including phenoxy) is 1. The maximum atomic E-state index is 12.1. The molecule has 0 aromatic carbocycles. The van der Waals surface area contributed by atoms with E-state index < -0.39 is 28.8 Å². The zero-order valence-electron chi connectivity index (χ0n) is 31.8. The van der Waals surface area contributed by atoms with E-state index in [0.29, 0.717) is 5.92 Å². The van der Waals surface area contributed by atoms with Crippen LogP contribution in [0.25, 0.3) is 0 Å². The third-order valence-corrected chi connectivity index (χ3v) is 19.1. The SMILES string of the molecule is C=CC=C[C@H](C)C(OC(N)=O)C(C)C(O[Si](C)(C)C(C)(C)C)C(C)CC(C)=C[C@H](C)[C@@H](O[Si](C)(C)C(C)(C)C)[C@@H](C)CNC. The molecule has 8 atom stereocenters. The average Bonchev–Trinajstić information content (AvgIpc) is 2.85. The smallest absolute Gasteiger partial charge is 0.404 e. The summed E-state index contributed by atoms with van der Waals surface area (Å²) in [6.07, 6.45) is 7.77. The minimum absolute atomic E-state index is 0.0379. The molecule has 44 heavy (non-hydrogen) atoms. The summed E-state index contributed by atoms with van der Waals surface area (Å²) in [7, 11) is -2.11. The minimum Gasteiger partial charge on any atom is -0.445 e. The van der Waals surface area contributed by atoms with E-state index in [2.05, 4.69) is 127 Å². The highest BCUT2D eigenvalue weighted by molar-refractivity contribution is 6.74. The summed E-state index contributed by atoms with van der Waals surface area (Å²) in [5.74, 6) is 0.689. The van der Waals surface area contributed by atoms with Gasteiger partial charge in [0.25, 0.3) is 0 Å². The quantitative estimate of drug-likeness (QED) is 0.0875. The molecule has 0 fully saturated rings. The molecule has 1 amide bonds. The second-order valence-electron chi connectivity index (χ2n) is 16.5. The lowest BCUT2D eigenvalue weighted by Gasteiger charge is -2.45. The van der Waals surface area contributed by atoms with Crippen molar-refractivity contribution in [3.8, 4) is 0 Å². The summed E-state index contributed by atoms with van der Waals surface area (Å²) in [4.78, 5) is 12.1. The summed E-state index contributed by atoms with van der Waals surface area (Å²) in [6.45, 7) is 41.0. The Kier molecular flexibility index (Phi) is 17.2. The van der Waals surface area contributed by atoms with Crippen LogP contribution in [0.2, 0.25) is 36.3 Å². The molecule has 0 aromatic rings. The zero-order valence-corrected chi connectivity index (χ0v) is 33.8. The van der Waals surface area contributed by atoms with Crippen LogP contribution in [0.4, 0.5) is 4.79 Å². The van der Waals surface area contributed by atoms with Crippen LogP contribution in [0.1, 0.15) is 89.5 Å². The predicted octanol–water partition coefficient (Wildman–Crippen LogP) is 9.71. The molecule has 8 heteroatoms. The molecule has 0 rings (SSSR count). The highest BCUT2D eigenvalue weighted by Crippen LogP contribution is 2.42. The number of amides is 1. The Labute approximate surface area is 275 Å². The molecule has 6 nitrogen and oxygen atoms in total. The minimum atomic E-state index is -2.16. The number of nitrogens with one attached hydrogen (secondary N) is 1. The van der Waals surface area contributed by atoms with E-state index in [-0.39, 0.29) is 46.0 Å². The number of allylic oxidation sites excluding steroid dienone is 3. The van der Waals surface area contributed by atoms with Crippen LogP contribution in [0.5, 0.6) is 0 Å². The Morgan fingerprint density at radius 1 is 0.841 bits per heavy atom. The first-order valence-electron chi connectivity index (χ1n) is 16.8. The molecule has 0 aliphatic heterocycles. The van der Waals surface area contributed by atoms with Crippen molar-refractivity contribution in [2.75, 3.05) is 13.6 Å². The van der Waals surface area contributed by atoms with Gasteiger partial charge in [-0.25, -0.2) is 4.79 Å². The van der Waals surface area contributed by atoms with Gasteiger partial charge in [-0.05, 0) is 81.0 Å². The van der Waals surface area contributed by atoms with Crippen molar-refractivity contribution in [1.82, 2.24) is 5.32 Å². The fraction of sp³-hybridized carbons (Fsp3) is 0.806. The second-order valence-corrected chi connectivity index (χ2v) is 26.0. The predicted molar refractivity (Wildman–Crippen MR) is 196 cm³/mol. The van der Waals surface area contributed by atoms with Crippen molar-refractivity contribution in [3.05, 3.63) is 36.5 Å². The van der Waals surface area contributed by atoms with Gasteiger partial charge < -0.3 is 24.6 Å². The zero-order chi connectivity index (χ0) is 34.8. The van der Waals surface area contributed by atoms with Crippen LogP contribution < -0.4 is 11.1 Å². The largest absolute Gasteiger partial charge is 0.445 e. The number of hydrogen-bond acceptors (Lipinski definition) is 5. The van der Waals surface area contributed by atoms with Gasteiger partial charge in [0.05, 0.1) is 12.2 Å². The van der Waals surface area contributed by atoms with E-state index in [9.17, 15) is 4.79 Å². The van der Waals surface area contributed by atoms with Gasteiger partial charge in [-0.2, -0.15) is 0 Å². The molecule has 0 heterocycles. The molecule has 0 aromatic heterocycles. The number of carbonyl (C=O) groups excluding carboxylic acids is 1. The molecule has 0 aliphatic carbocycles. The number of primary amides is 1. The van der Waals surface area contributed by atoms with Gasteiger partial charge in [-0.1, -0.05) is 113 Å². The number of carbonyl (C=O) groups is 1. The summed E-state index contributed by atoms with van der Waals surface area (Å²) in [5, 5.41) is 3.55. The molecule has 258 valence electrons. The molecule has 0 saturated heterocycles. The van der Waals surface area contributed by atoms with Gasteiger partial charge in [0.15, 0.2) is 16.6 Å². The van der Waals surface area contributed by atoms with Crippen molar-refractivity contribution < 1.29 is 18.4 Å². The van der Waals surface area contributed by atoms with Crippen molar-refractivity contribution in [2.24, 2.45) is 35.3 Å². The molecule has 0 aliphatic rings. The molecule has 4 unspecified atom stereocenters. The van der Waals surface area contributed by atoms with Crippen LogP contribution >= 0.6 is 0 Å². The second kappa shape index (κ2) is 17.6. The van der Waals surface area contributed by atoms with E-state index in [1.165, 1.54) is 5.57 Å². The molecule has 0 spiro atoms. The van der Waals surface area contributed by atoms with Crippen molar-refractivity contribution in [3.63, 3.8) is 0 Å². The van der Waals surface area contributed by atoms with E-state index in [0.717, 1.165) is 13.0 Å². The van der Waals surface area contributed by atoms with Crippen LogP contribution in [0.3, 0.4) is 0 Å². The first-order valence-corrected chi connectivity index (χ1v) is 22.6. The highest BCUT2D eigenvalue weighted by Gasteiger charge is 2.44. The summed E-state index contributed by atoms with van der Waals surface area (Å²) >= 11 is 0. The Morgan fingerprint density at radius 3 is 1.73 bits per heavy atom. The number of rotatable bonds is 18. The first-order chi connectivity index (χ1) is 19.8. The Hall–Kier alpha value is -1.20. The lowest BCUT2D eigenvalue weighted by molar-refractivity contribution is -0.0207. The van der Waals surface area contributed by atoms with E-state index in [1.807, 2.05) is 19.2 Å². The van der Waals surface area contributed by atoms with Crippen LogP contribution in [0.15, 0.2) is 36.5 Å². The third kappa shape index (κ3) is 13.3. The van der Waals surface area contributed by atoms with Gasteiger partial charge in [0.1, 0.15) is 6.10 Å². The van der Waals surface area contributed by atoms with Gasteiger partial charge in [0.2, 0.25) is 0 Å². The van der Waals surface area contributed by atoms with Gasteiger partial charge >= 0.3 is 6.09 Å². The monoisotopic (exact) mass is 653 g/mol. The molecular weight excluding hydrogens is 581 g/mol. The van der Waals surface area contributed by atoms with E-state index in [1.54, 1.807) is 6.08 Å². The molecule has 0 radical (unpaired) electrons. The number of hydrogen-bond donors (Lipinski definition) is 2. The van der Waals surface area contributed by atoms with Crippen LogP contribution in [0, 0.1) is 29.6 Å². The normalized spacial score (nSPS) is 19.5. The molecule has 0 bridgehead atoms. The Morgan fingerprint density at radius 2 is 1.32 bits per heavy atom. The summed E-state index contributed by atoms with van der Waals surface area (Å²) in [5.41, 5.74) is 6.92. The van der Waals surface area contributed by atoms with Gasteiger partial charge in [-0.15, -0.1) is 0 Å². The highest BCUT2D eigenvalue weighted by atomic mass is 28.4. The fourth-order valence-electron chi connectivity index (χ4n) is 5.57. The van der Waals surface area contributed by atoms with Gasteiger partial charge in [-0.3, -0.25) is 0 Å². The first kappa shape index (κ1) is 42.8. The van der Waals surface area contributed by atoms with Crippen molar-refractivity contribution in [2.45, 2.75) is 144 Å². The topological polar surface area (TPSA) is 82.8 Å². The maximum absolute atomic E-state index is 12.1. The molecular formula is C36H72N2O4Si2. The molecule has 3 N–H and O–H groups in total. The fourth-order valence-corrected chi connectivity index (χ4v) is 8.53.